The quantitative estimate of drug-likeness (QED) is 0.462. The van der Waals surface area contributed by atoms with E-state index in [0.29, 0.717) is 18.9 Å². The Labute approximate surface area is 208 Å². The number of hydrogen-bond acceptors (Lipinski definition) is 10. The minimum Gasteiger partial charge on any atom is -0.467 e. The van der Waals surface area contributed by atoms with E-state index in [2.05, 4.69) is 25.3 Å². The average Bonchev–Trinajstić information content (AvgIpc) is 3.32. The molecule has 5 rings (SSSR count). The summed E-state index contributed by atoms with van der Waals surface area (Å²) in [6.07, 6.45) is 6.04. The zero-order valence-corrected chi connectivity index (χ0v) is 20.1. The number of benzene rings is 1. The van der Waals surface area contributed by atoms with E-state index in [-0.39, 0.29) is 45.3 Å². The summed E-state index contributed by atoms with van der Waals surface area (Å²) in [5.74, 6) is -2.42. The molecule has 10 nitrogen and oxygen atoms in total. The molecular weight excluding hydrogens is 494 g/mol. The molecule has 188 valence electrons. The average molecular weight is 517 g/mol. The molecule has 1 saturated carbocycles. The molecule has 3 atom stereocenters. The Morgan fingerprint density at radius 2 is 2.14 bits per heavy atom. The number of amidine groups is 1. The number of fused-ring (bicyclic) bond motifs is 1. The number of carbonyl (C=O) groups excluding carboxylic acids is 1. The number of nitrogens with zero attached hydrogens (tertiary/aromatic N) is 4. The summed E-state index contributed by atoms with van der Waals surface area (Å²) >= 11 is 1.39. The number of ether oxygens (including phenoxy) is 2. The van der Waals surface area contributed by atoms with Crippen LogP contribution in [0, 0.1) is 17.6 Å². The van der Waals surface area contributed by atoms with Crippen LogP contribution in [0.3, 0.4) is 0 Å². The molecule has 36 heavy (non-hydrogen) atoms. The summed E-state index contributed by atoms with van der Waals surface area (Å²) in [5, 5.41) is 2.82. The number of halogens is 2. The van der Waals surface area contributed by atoms with E-state index in [1.807, 2.05) is 0 Å². The van der Waals surface area contributed by atoms with Crippen molar-refractivity contribution in [3.63, 3.8) is 0 Å². The zero-order chi connectivity index (χ0) is 25.5. The van der Waals surface area contributed by atoms with Gasteiger partial charge in [-0.05, 0) is 19.4 Å². The van der Waals surface area contributed by atoms with E-state index in [4.69, 9.17) is 19.6 Å². The van der Waals surface area contributed by atoms with Gasteiger partial charge in [0.1, 0.15) is 12.0 Å². The molecule has 13 heteroatoms. The number of hydrogen-bond donors (Lipinski definition) is 2. The maximum Gasteiger partial charge on any atom is 0.275 e. The highest BCUT2D eigenvalue weighted by Crippen LogP contribution is 2.66. The van der Waals surface area contributed by atoms with Crippen molar-refractivity contribution in [2.24, 2.45) is 16.6 Å². The van der Waals surface area contributed by atoms with Crippen LogP contribution in [0.25, 0.3) is 0 Å². The number of oxazole rings is 1. The van der Waals surface area contributed by atoms with Crippen LogP contribution in [0.15, 0.2) is 46.4 Å². The summed E-state index contributed by atoms with van der Waals surface area (Å²) in [7, 11) is 1.58. The molecule has 3 aromatic rings. The number of nitrogens with two attached hydrogens (primary N) is 1. The Bertz CT molecular complexity index is 1320. The molecule has 2 aliphatic rings. The molecule has 0 spiro atoms. The smallest absolute Gasteiger partial charge is 0.275 e. The van der Waals surface area contributed by atoms with Gasteiger partial charge in [0.25, 0.3) is 5.91 Å². The third-order valence-electron chi connectivity index (χ3n) is 6.26. The predicted molar refractivity (Wildman–Crippen MR) is 126 cm³/mol. The van der Waals surface area contributed by atoms with Crippen molar-refractivity contribution in [2.45, 2.75) is 30.2 Å². The van der Waals surface area contributed by atoms with Gasteiger partial charge in [0.2, 0.25) is 11.8 Å². The second-order valence-corrected chi connectivity index (χ2v) is 10.1. The maximum atomic E-state index is 15.0. The Morgan fingerprint density at radius 3 is 2.83 bits per heavy atom. The van der Waals surface area contributed by atoms with Gasteiger partial charge in [-0.15, -0.1) is 0 Å². The van der Waals surface area contributed by atoms with Gasteiger partial charge in [-0.3, -0.25) is 9.79 Å². The van der Waals surface area contributed by atoms with Crippen molar-refractivity contribution in [2.75, 3.05) is 19.0 Å². The molecule has 3 heterocycles. The summed E-state index contributed by atoms with van der Waals surface area (Å²) in [6, 6.07) is 2.28. The van der Waals surface area contributed by atoms with Gasteiger partial charge in [-0.1, -0.05) is 11.8 Å². The normalized spacial score (nSPS) is 24.6. The van der Waals surface area contributed by atoms with Crippen molar-refractivity contribution in [3.05, 3.63) is 65.8 Å². The summed E-state index contributed by atoms with van der Waals surface area (Å²) < 4.78 is 45.1. The molecule has 1 fully saturated rings. The Balaban J connectivity index is 1.35. The van der Waals surface area contributed by atoms with Crippen LogP contribution in [-0.2, 0) is 16.9 Å². The largest absolute Gasteiger partial charge is 0.467 e. The number of rotatable bonds is 8. The third-order valence-corrected chi connectivity index (χ3v) is 7.54. The SMILES string of the molecule is COC[C@]12C[C@H]1[C@](C)(c1cc(NC(=O)c3cnc(OCc4ncco4)cn3)cc(F)c1F)N=C(N)S2. The third kappa shape index (κ3) is 4.39. The minimum atomic E-state index is -1.12. The van der Waals surface area contributed by atoms with Gasteiger partial charge in [-0.2, -0.15) is 0 Å². The molecule has 0 unspecified atom stereocenters. The maximum absolute atomic E-state index is 15.0. The number of aliphatic imine (C=N–C) groups is 1. The number of nitrogens with one attached hydrogen (secondary N) is 1. The van der Waals surface area contributed by atoms with Gasteiger partial charge in [0.15, 0.2) is 23.4 Å². The van der Waals surface area contributed by atoms with Gasteiger partial charge in [-0.25, -0.2) is 23.7 Å². The lowest BCUT2D eigenvalue weighted by Gasteiger charge is -2.34. The standard InChI is InChI=1S/C23H22F2N6O4S/c1-22(16-7-23(16,11-33-2)36-21(26)31-22)13-5-12(6-14(24)19(13)25)30-20(32)15-8-29-17(9-28-15)35-10-18-27-3-4-34-18/h3-6,8-9,16H,7,10-11H2,1-2H3,(H2,26,31)(H,30,32)/t16-,22-,23+/m0/s1. The fraction of sp³-hybridized carbons (Fsp3) is 0.348. The van der Waals surface area contributed by atoms with Crippen LogP contribution in [0.4, 0.5) is 14.5 Å². The summed E-state index contributed by atoms with van der Waals surface area (Å²) in [5.41, 5.74) is 4.94. The zero-order valence-electron chi connectivity index (χ0n) is 19.3. The highest BCUT2D eigenvalue weighted by atomic mass is 32.2. The lowest BCUT2D eigenvalue weighted by atomic mass is 9.85. The molecule has 3 N–H and O–H groups in total. The first-order chi connectivity index (χ1) is 17.2. The number of thioether (sulfide) groups is 1. The Morgan fingerprint density at radius 1 is 1.31 bits per heavy atom. The number of aromatic nitrogens is 3. The van der Waals surface area contributed by atoms with E-state index in [0.717, 1.165) is 6.07 Å². The van der Waals surface area contributed by atoms with Crippen molar-refractivity contribution in [1.82, 2.24) is 15.0 Å². The van der Waals surface area contributed by atoms with Gasteiger partial charge >= 0.3 is 0 Å². The van der Waals surface area contributed by atoms with E-state index in [1.165, 1.54) is 42.7 Å². The topological polar surface area (TPSA) is 138 Å². The minimum absolute atomic E-state index is 0.00500. The second kappa shape index (κ2) is 9.13. The van der Waals surface area contributed by atoms with Crippen LogP contribution in [0.2, 0.25) is 0 Å². The Hall–Kier alpha value is -3.58. The van der Waals surface area contributed by atoms with Crippen LogP contribution in [-0.4, -0.2) is 44.5 Å². The number of carbonyl (C=O) groups is 1. The highest BCUT2D eigenvalue weighted by molar-refractivity contribution is 8.15. The first kappa shape index (κ1) is 24.1. The monoisotopic (exact) mass is 516 g/mol. The summed E-state index contributed by atoms with van der Waals surface area (Å²) in [4.78, 5) is 29.2. The molecule has 0 saturated heterocycles. The first-order valence-electron chi connectivity index (χ1n) is 10.9. The molecule has 1 aliphatic carbocycles. The molecule has 0 bridgehead atoms. The Kier molecular flexibility index (Phi) is 6.12. The van der Waals surface area contributed by atoms with Gasteiger partial charge in [0.05, 0.1) is 35.5 Å². The molecule has 2 aromatic heterocycles. The highest BCUT2D eigenvalue weighted by Gasteiger charge is 2.66. The lowest BCUT2D eigenvalue weighted by molar-refractivity contribution is 0.102. The molecule has 0 radical (unpaired) electrons. The van der Waals surface area contributed by atoms with Gasteiger partial charge < -0.3 is 24.9 Å². The lowest BCUT2D eigenvalue weighted by Crippen LogP contribution is -2.38. The van der Waals surface area contributed by atoms with Crippen molar-refractivity contribution in [1.29, 1.82) is 0 Å². The van der Waals surface area contributed by atoms with Crippen molar-refractivity contribution < 1.29 is 27.5 Å². The van der Waals surface area contributed by atoms with E-state index < -0.39 is 23.1 Å². The number of methoxy groups -OCH3 is 1. The van der Waals surface area contributed by atoms with Crippen LogP contribution < -0.4 is 15.8 Å². The fourth-order valence-electron chi connectivity index (χ4n) is 4.52. The predicted octanol–water partition coefficient (Wildman–Crippen LogP) is 3.26. The van der Waals surface area contributed by atoms with E-state index in [9.17, 15) is 9.18 Å². The fourth-order valence-corrected chi connectivity index (χ4v) is 5.97. The molecule has 1 amide bonds. The molecule has 1 aromatic carbocycles. The second-order valence-electron chi connectivity index (χ2n) is 8.68. The van der Waals surface area contributed by atoms with Crippen LogP contribution in [0.5, 0.6) is 5.88 Å². The number of amides is 1. The van der Waals surface area contributed by atoms with E-state index >= 15 is 4.39 Å². The summed E-state index contributed by atoms with van der Waals surface area (Å²) in [6.45, 7) is 2.17. The number of anilines is 1. The van der Waals surface area contributed by atoms with Crippen molar-refractivity contribution >= 4 is 28.5 Å². The first-order valence-corrected chi connectivity index (χ1v) is 11.7. The molecular formula is C23H22F2N6O4S. The van der Waals surface area contributed by atoms with Crippen LogP contribution >= 0.6 is 11.8 Å². The van der Waals surface area contributed by atoms with Gasteiger partial charge in [0, 0.05) is 30.3 Å². The molecule has 1 aliphatic heterocycles. The van der Waals surface area contributed by atoms with E-state index in [1.54, 1.807) is 14.0 Å². The van der Waals surface area contributed by atoms with Crippen molar-refractivity contribution in [3.8, 4) is 5.88 Å². The van der Waals surface area contributed by atoms with Crippen LogP contribution in [0.1, 0.15) is 35.3 Å².